The summed E-state index contributed by atoms with van der Waals surface area (Å²) in [6.07, 6.45) is -4.32. The van der Waals surface area contributed by atoms with Crippen LogP contribution in [-0.4, -0.2) is 30.3 Å². The zero-order valence-electron chi connectivity index (χ0n) is 16.6. The third-order valence-corrected chi connectivity index (χ3v) is 4.84. The van der Waals surface area contributed by atoms with Gasteiger partial charge >= 0.3 is 6.18 Å². The number of thiazole rings is 1. The zero-order valence-corrected chi connectivity index (χ0v) is 19.7. The number of nitrogens with zero attached hydrogens (tertiary/aromatic N) is 2. The molecule has 1 aromatic carbocycles. The lowest BCUT2D eigenvalue weighted by molar-refractivity contribution is -0.176. The van der Waals surface area contributed by atoms with E-state index in [-0.39, 0.29) is 30.6 Å². The lowest BCUT2D eigenvalue weighted by Gasteiger charge is -2.11. The van der Waals surface area contributed by atoms with E-state index in [2.05, 4.69) is 20.6 Å². The Balaban J connectivity index is 0.00000420. The molecule has 0 fully saturated rings. The molecular formula is C19H26F3IN4OS. The summed E-state index contributed by atoms with van der Waals surface area (Å²) in [5.74, 6) is 0.659. The van der Waals surface area contributed by atoms with Gasteiger partial charge in [0.1, 0.15) is 11.6 Å². The molecule has 0 aliphatic carbocycles. The molecular weight excluding hydrogens is 516 g/mol. The van der Waals surface area contributed by atoms with Gasteiger partial charge in [-0.05, 0) is 31.9 Å². The van der Waals surface area contributed by atoms with Crippen LogP contribution in [0.4, 0.5) is 13.2 Å². The number of rotatable bonds is 8. The first-order valence-corrected chi connectivity index (χ1v) is 9.76. The van der Waals surface area contributed by atoms with Gasteiger partial charge in [-0.25, -0.2) is 9.98 Å². The summed E-state index contributed by atoms with van der Waals surface area (Å²) in [5.41, 5.74) is 2.61. The Morgan fingerprint density at radius 1 is 1.21 bits per heavy atom. The fraction of sp³-hybridized carbons (Fsp3) is 0.474. The van der Waals surface area contributed by atoms with Crippen molar-refractivity contribution >= 4 is 41.3 Å². The zero-order chi connectivity index (χ0) is 20.6. The third-order valence-electron chi connectivity index (χ3n) is 3.77. The molecule has 0 unspecified atom stereocenters. The lowest BCUT2D eigenvalue weighted by Crippen LogP contribution is -2.36. The normalized spacial score (nSPS) is 11.9. The summed E-state index contributed by atoms with van der Waals surface area (Å²) in [7, 11) is 0. The van der Waals surface area contributed by atoms with Crippen LogP contribution in [-0.2, 0) is 24.4 Å². The summed E-state index contributed by atoms with van der Waals surface area (Å²) in [4.78, 5) is 10.2. The van der Waals surface area contributed by atoms with Crippen molar-refractivity contribution in [1.29, 1.82) is 0 Å². The molecule has 1 heterocycles. The van der Waals surface area contributed by atoms with Crippen LogP contribution in [0.5, 0.6) is 0 Å². The highest BCUT2D eigenvalue weighted by molar-refractivity contribution is 14.0. The van der Waals surface area contributed by atoms with Crippen molar-refractivity contribution in [1.82, 2.24) is 15.6 Å². The van der Waals surface area contributed by atoms with Crippen LogP contribution in [0.25, 0.3) is 0 Å². The number of hydrogen-bond donors (Lipinski definition) is 2. The van der Waals surface area contributed by atoms with Crippen LogP contribution in [0.2, 0.25) is 0 Å². The number of aromatic nitrogens is 1. The minimum atomic E-state index is -4.32. The highest BCUT2D eigenvalue weighted by Gasteiger charge is 2.27. The van der Waals surface area contributed by atoms with Gasteiger partial charge in [0.05, 0.1) is 25.4 Å². The van der Waals surface area contributed by atoms with E-state index >= 15 is 0 Å². The first-order valence-electron chi connectivity index (χ1n) is 8.94. The van der Waals surface area contributed by atoms with E-state index in [9.17, 15) is 13.2 Å². The maximum Gasteiger partial charge on any atom is 0.411 e. The Morgan fingerprint density at radius 3 is 2.55 bits per heavy atom. The van der Waals surface area contributed by atoms with E-state index in [0.717, 1.165) is 16.3 Å². The highest BCUT2D eigenvalue weighted by Crippen LogP contribution is 2.17. The average Bonchev–Trinajstić information content (AvgIpc) is 2.94. The van der Waals surface area contributed by atoms with Crippen molar-refractivity contribution in [3.8, 4) is 0 Å². The second-order valence-electron chi connectivity index (χ2n) is 6.23. The molecule has 0 spiro atoms. The molecule has 162 valence electrons. The van der Waals surface area contributed by atoms with Crippen LogP contribution in [0.1, 0.15) is 33.6 Å². The standard InChI is InChI=1S/C19H25F3N4OS.HI/c1-4-23-18(25-10-17-26-13(2)14(3)28-17)24-9-15-6-5-7-16(8-15)11-27-12-19(20,21)22;/h5-8H,4,9-12H2,1-3H3,(H2,23,24,25);1H. The Bertz CT molecular complexity index is 777. The predicted octanol–water partition coefficient (Wildman–Crippen LogP) is 4.71. The fourth-order valence-corrected chi connectivity index (χ4v) is 3.26. The van der Waals surface area contributed by atoms with Gasteiger partial charge in [0.2, 0.25) is 0 Å². The van der Waals surface area contributed by atoms with Crippen LogP contribution >= 0.6 is 35.3 Å². The second-order valence-corrected chi connectivity index (χ2v) is 7.51. The van der Waals surface area contributed by atoms with E-state index in [4.69, 9.17) is 4.74 Å². The van der Waals surface area contributed by atoms with Crippen molar-refractivity contribution in [3.63, 3.8) is 0 Å². The van der Waals surface area contributed by atoms with Crippen LogP contribution < -0.4 is 10.6 Å². The van der Waals surface area contributed by atoms with E-state index in [0.29, 0.717) is 31.2 Å². The maximum atomic E-state index is 12.2. The topological polar surface area (TPSA) is 58.5 Å². The van der Waals surface area contributed by atoms with Crippen molar-refractivity contribution in [3.05, 3.63) is 51.0 Å². The molecule has 2 aromatic rings. The van der Waals surface area contributed by atoms with Gasteiger partial charge in [0.15, 0.2) is 5.96 Å². The van der Waals surface area contributed by atoms with Crippen molar-refractivity contribution in [2.75, 3.05) is 13.2 Å². The molecule has 5 nitrogen and oxygen atoms in total. The second kappa shape index (κ2) is 12.3. The minimum Gasteiger partial charge on any atom is -0.367 e. The number of halogens is 4. The van der Waals surface area contributed by atoms with Gasteiger partial charge in [-0.1, -0.05) is 24.3 Å². The summed E-state index contributed by atoms with van der Waals surface area (Å²) in [5, 5.41) is 7.42. The number of guanidine groups is 1. The quantitative estimate of drug-likeness (QED) is 0.288. The smallest absolute Gasteiger partial charge is 0.367 e. The van der Waals surface area contributed by atoms with E-state index < -0.39 is 12.8 Å². The van der Waals surface area contributed by atoms with Gasteiger partial charge in [-0.15, -0.1) is 35.3 Å². The predicted molar refractivity (Wildman–Crippen MR) is 121 cm³/mol. The molecule has 1 aromatic heterocycles. The molecule has 0 aliphatic heterocycles. The Hall–Kier alpha value is -1.40. The third kappa shape index (κ3) is 9.77. The molecule has 0 bridgehead atoms. The highest BCUT2D eigenvalue weighted by atomic mass is 127. The van der Waals surface area contributed by atoms with Crippen LogP contribution in [0.3, 0.4) is 0 Å². The van der Waals surface area contributed by atoms with Gasteiger partial charge in [-0.3, -0.25) is 0 Å². The molecule has 0 radical (unpaired) electrons. The summed E-state index contributed by atoms with van der Waals surface area (Å²) >= 11 is 1.65. The number of benzene rings is 1. The molecule has 0 saturated carbocycles. The molecule has 0 atom stereocenters. The number of aryl methyl sites for hydroxylation is 2. The maximum absolute atomic E-state index is 12.2. The number of nitrogens with one attached hydrogen (secondary N) is 2. The van der Waals surface area contributed by atoms with Crippen molar-refractivity contribution in [2.45, 2.75) is 46.6 Å². The minimum absolute atomic E-state index is 0. The molecule has 0 saturated heterocycles. The Labute approximate surface area is 190 Å². The van der Waals surface area contributed by atoms with E-state index in [1.54, 1.807) is 29.5 Å². The Morgan fingerprint density at radius 2 is 1.93 bits per heavy atom. The summed E-state index contributed by atoms with van der Waals surface area (Å²) in [6, 6.07) is 7.21. The SMILES string of the molecule is CCNC(=NCc1cccc(COCC(F)(F)F)c1)NCc1nc(C)c(C)s1.I. The number of ether oxygens (including phenoxy) is 1. The summed E-state index contributed by atoms with van der Waals surface area (Å²) in [6.45, 7) is 6.37. The van der Waals surface area contributed by atoms with Gasteiger partial charge in [0, 0.05) is 11.4 Å². The first-order chi connectivity index (χ1) is 13.3. The molecule has 0 aliphatic rings. The van der Waals surface area contributed by atoms with Gasteiger partial charge < -0.3 is 15.4 Å². The van der Waals surface area contributed by atoms with Gasteiger partial charge in [0.25, 0.3) is 0 Å². The van der Waals surface area contributed by atoms with Crippen molar-refractivity contribution in [2.24, 2.45) is 4.99 Å². The van der Waals surface area contributed by atoms with Crippen LogP contribution in [0, 0.1) is 13.8 Å². The molecule has 2 rings (SSSR count). The average molecular weight is 542 g/mol. The molecule has 29 heavy (non-hydrogen) atoms. The number of hydrogen-bond acceptors (Lipinski definition) is 4. The lowest BCUT2D eigenvalue weighted by atomic mass is 10.1. The number of alkyl halides is 3. The largest absolute Gasteiger partial charge is 0.411 e. The monoisotopic (exact) mass is 542 g/mol. The Kier molecular flexibility index (Phi) is 10.9. The van der Waals surface area contributed by atoms with Crippen LogP contribution in [0.15, 0.2) is 29.3 Å². The molecule has 2 N–H and O–H groups in total. The van der Waals surface area contributed by atoms with E-state index in [1.165, 1.54) is 4.88 Å². The first kappa shape index (κ1) is 25.6. The molecule has 0 amide bonds. The fourth-order valence-electron chi connectivity index (χ4n) is 2.39. The summed E-state index contributed by atoms with van der Waals surface area (Å²) < 4.78 is 41.2. The van der Waals surface area contributed by atoms with E-state index in [1.807, 2.05) is 26.8 Å². The molecule has 10 heteroatoms. The van der Waals surface area contributed by atoms with Gasteiger partial charge in [-0.2, -0.15) is 13.2 Å². The van der Waals surface area contributed by atoms with Crippen molar-refractivity contribution < 1.29 is 17.9 Å². The number of aliphatic imine (C=N–C) groups is 1.